The van der Waals surface area contributed by atoms with Gasteiger partial charge in [-0.3, -0.25) is 14.7 Å². The number of rotatable bonds is 3. The minimum atomic E-state index is -0.173. The molecule has 2 aromatic rings. The zero-order valence-corrected chi connectivity index (χ0v) is 16.9. The van der Waals surface area contributed by atoms with Crippen LogP contribution in [0.25, 0.3) is 10.9 Å². The van der Waals surface area contributed by atoms with Gasteiger partial charge < -0.3 is 14.4 Å². The highest BCUT2D eigenvalue weighted by Gasteiger charge is 2.45. The third kappa shape index (κ3) is 3.89. The molecular weight excluding hydrogens is 366 g/mol. The molecule has 0 N–H and O–H groups in total. The van der Waals surface area contributed by atoms with Gasteiger partial charge in [-0.05, 0) is 43.4 Å². The second-order valence-electron chi connectivity index (χ2n) is 8.68. The predicted molar refractivity (Wildman–Crippen MR) is 111 cm³/mol. The van der Waals surface area contributed by atoms with Crippen molar-refractivity contribution < 1.29 is 14.3 Å². The van der Waals surface area contributed by atoms with Crippen LogP contribution in [0.5, 0.6) is 0 Å². The van der Waals surface area contributed by atoms with Gasteiger partial charge in [0.15, 0.2) is 0 Å². The Morgan fingerprint density at radius 3 is 2.97 bits per heavy atom. The van der Waals surface area contributed by atoms with Crippen molar-refractivity contribution in [1.29, 1.82) is 0 Å². The molecule has 0 unspecified atom stereocenters. The maximum Gasteiger partial charge on any atom is 0.254 e. The molecule has 1 amide bonds. The van der Waals surface area contributed by atoms with Gasteiger partial charge in [-0.1, -0.05) is 12.1 Å². The highest BCUT2D eigenvalue weighted by Crippen LogP contribution is 2.38. The summed E-state index contributed by atoms with van der Waals surface area (Å²) < 4.78 is 11.8. The number of carbonyl (C=O) groups is 1. The molecule has 1 spiro atoms. The number of carbonyl (C=O) groups excluding carboxylic acids is 1. The van der Waals surface area contributed by atoms with Gasteiger partial charge in [0.25, 0.3) is 5.91 Å². The second-order valence-corrected chi connectivity index (χ2v) is 8.68. The molecule has 3 fully saturated rings. The Labute approximate surface area is 171 Å². The molecule has 0 bridgehead atoms. The lowest BCUT2D eigenvalue weighted by atomic mass is 9.86. The molecule has 4 heterocycles. The van der Waals surface area contributed by atoms with E-state index in [1.165, 1.54) is 0 Å². The average Bonchev–Trinajstić information content (AvgIpc) is 3.15. The molecule has 2 atom stereocenters. The molecule has 3 saturated heterocycles. The molecular formula is C23H29N3O3. The van der Waals surface area contributed by atoms with E-state index in [1.807, 2.05) is 35.2 Å². The lowest BCUT2D eigenvalue weighted by Crippen LogP contribution is -2.50. The highest BCUT2D eigenvalue weighted by molar-refractivity contribution is 6.06. The summed E-state index contributed by atoms with van der Waals surface area (Å²) in [6.45, 7) is 7.08. The quantitative estimate of drug-likeness (QED) is 0.800. The van der Waals surface area contributed by atoms with Crippen LogP contribution in [0.1, 0.15) is 29.6 Å². The lowest BCUT2D eigenvalue weighted by molar-refractivity contribution is -0.0451. The lowest BCUT2D eigenvalue weighted by Gasteiger charge is -2.40. The van der Waals surface area contributed by atoms with Gasteiger partial charge in [0.1, 0.15) is 0 Å². The van der Waals surface area contributed by atoms with Gasteiger partial charge in [-0.2, -0.15) is 0 Å². The fourth-order valence-electron chi connectivity index (χ4n) is 5.22. The summed E-state index contributed by atoms with van der Waals surface area (Å²) in [7, 11) is 0. The van der Waals surface area contributed by atoms with Crippen molar-refractivity contribution in [2.45, 2.75) is 24.9 Å². The van der Waals surface area contributed by atoms with Crippen LogP contribution in [0.15, 0.2) is 36.5 Å². The Kier molecular flexibility index (Phi) is 5.24. The van der Waals surface area contributed by atoms with Gasteiger partial charge in [-0.25, -0.2) is 0 Å². The fourth-order valence-corrected chi connectivity index (χ4v) is 5.22. The maximum absolute atomic E-state index is 13.4. The van der Waals surface area contributed by atoms with Crippen molar-refractivity contribution in [2.24, 2.45) is 5.92 Å². The monoisotopic (exact) mass is 395 g/mol. The molecule has 3 aliphatic rings. The number of benzene rings is 1. The van der Waals surface area contributed by atoms with Crippen LogP contribution in [-0.4, -0.2) is 78.8 Å². The summed E-state index contributed by atoms with van der Waals surface area (Å²) >= 11 is 0. The second kappa shape index (κ2) is 8.01. The molecule has 0 saturated carbocycles. The van der Waals surface area contributed by atoms with Crippen molar-refractivity contribution in [2.75, 3.05) is 52.5 Å². The van der Waals surface area contributed by atoms with Crippen LogP contribution < -0.4 is 0 Å². The van der Waals surface area contributed by atoms with Crippen molar-refractivity contribution in [1.82, 2.24) is 14.8 Å². The number of hydrogen-bond donors (Lipinski definition) is 0. The number of pyridine rings is 1. The van der Waals surface area contributed by atoms with E-state index in [0.29, 0.717) is 12.5 Å². The summed E-state index contributed by atoms with van der Waals surface area (Å²) in [5, 5.41) is 0.928. The standard InChI is InChI=1S/C23H29N3O3/c27-22(20-4-1-6-21-19(20)5-2-8-24-21)26-9-3-7-23(17-26)14-18(16-29-23)15-25-10-12-28-13-11-25/h1-2,4-6,8,18H,3,7,9-17H2/t18-,23-/m1/s1. The van der Waals surface area contributed by atoms with Crippen molar-refractivity contribution >= 4 is 16.8 Å². The average molecular weight is 396 g/mol. The number of fused-ring (bicyclic) bond motifs is 1. The Morgan fingerprint density at radius 1 is 1.17 bits per heavy atom. The van der Waals surface area contributed by atoms with Gasteiger partial charge in [-0.15, -0.1) is 0 Å². The number of morpholine rings is 1. The Bertz CT molecular complexity index is 877. The van der Waals surface area contributed by atoms with Crippen LogP contribution in [-0.2, 0) is 9.47 Å². The normalized spacial score (nSPS) is 28.3. The van der Waals surface area contributed by atoms with Crippen molar-refractivity contribution in [3.8, 4) is 0 Å². The van der Waals surface area contributed by atoms with Crippen LogP contribution >= 0.6 is 0 Å². The number of amides is 1. The Hall–Kier alpha value is -2.02. The predicted octanol–water partition coefficient (Wildman–Crippen LogP) is 2.58. The van der Waals surface area contributed by atoms with E-state index in [-0.39, 0.29) is 11.5 Å². The molecule has 1 aromatic carbocycles. The number of nitrogens with zero attached hydrogens (tertiary/aromatic N) is 3. The van der Waals surface area contributed by atoms with Gasteiger partial charge in [0.2, 0.25) is 0 Å². The van der Waals surface area contributed by atoms with E-state index in [4.69, 9.17) is 9.47 Å². The zero-order valence-electron chi connectivity index (χ0n) is 16.9. The summed E-state index contributed by atoms with van der Waals surface area (Å²) in [6.07, 6.45) is 4.87. The summed E-state index contributed by atoms with van der Waals surface area (Å²) in [5.74, 6) is 0.646. The minimum absolute atomic E-state index is 0.0999. The molecule has 29 heavy (non-hydrogen) atoms. The molecule has 0 aliphatic carbocycles. The van der Waals surface area contributed by atoms with Gasteiger partial charge >= 0.3 is 0 Å². The molecule has 154 valence electrons. The van der Waals surface area contributed by atoms with E-state index in [2.05, 4.69) is 9.88 Å². The van der Waals surface area contributed by atoms with Gasteiger partial charge in [0, 0.05) is 49.9 Å². The van der Waals surface area contributed by atoms with E-state index in [1.54, 1.807) is 6.20 Å². The maximum atomic E-state index is 13.4. The smallest absolute Gasteiger partial charge is 0.254 e. The van der Waals surface area contributed by atoms with Gasteiger partial charge in [0.05, 0.1) is 30.9 Å². The molecule has 0 radical (unpaired) electrons. The number of aromatic nitrogens is 1. The molecule has 6 nitrogen and oxygen atoms in total. The topological polar surface area (TPSA) is 54.9 Å². The van der Waals surface area contributed by atoms with E-state index in [0.717, 1.165) is 81.7 Å². The molecule has 5 rings (SSSR count). The minimum Gasteiger partial charge on any atom is -0.379 e. The highest BCUT2D eigenvalue weighted by atomic mass is 16.5. The van der Waals surface area contributed by atoms with Crippen LogP contribution in [0.4, 0.5) is 0 Å². The van der Waals surface area contributed by atoms with E-state index < -0.39 is 0 Å². The fraction of sp³-hybridized carbons (Fsp3) is 0.565. The molecule has 1 aromatic heterocycles. The first-order chi connectivity index (χ1) is 14.2. The third-order valence-electron chi connectivity index (χ3n) is 6.61. The largest absolute Gasteiger partial charge is 0.379 e. The number of piperidine rings is 1. The summed E-state index contributed by atoms with van der Waals surface area (Å²) in [6, 6.07) is 9.68. The SMILES string of the molecule is O=C(c1cccc2ncccc12)N1CCC[C@@]2(C[C@H](CN3CCOCC3)CO2)C1. The Morgan fingerprint density at radius 2 is 2.07 bits per heavy atom. The van der Waals surface area contributed by atoms with Crippen molar-refractivity contribution in [3.05, 3.63) is 42.1 Å². The van der Waals surface area contributed by atoms with Crippen LogP contribution in [0.2, 0.25) is 0 Å². The number of likely N-dealkylation sites (tertiary alicyclic amines) is 1. The summed E-state index contributed by atoms with van der Waals surface area (Å²) in [4.78, 5) is 22.3. The van der Waals surface area contributed by atoms with E-state index >= 15 is 0 Å². The third-order valence-corrected chi connectivity index (χ3v) is 6.61. The Balaban J connectivity index is 1.28. The first-order valence-corrected chi connectivity index (χ1v) is 10.8. The van der Waals surface area contributed by atoms with Crippen LogP contribution in [0, 0.1) is 5.92 Å². The first kappa shape index (κ1) is 19.0. The first-order valence-electron chi connectivity index (χ1n) is 10.8. The van der Waals surface area contributed by atoms with Crippen molar-refractivity contribution in [3.63, 3.8) is 0 Å². The summed E-state index contributed by atoms with van der Waals surface area (Å²) in [5.41, 5.74) is 1.44. The number of hydrogen-bond acceptors (Lipinski definition) is 5. The molecule has 3 aliphatic heterocycles. The zero-order chi connectivity index (χ0) is 19.7. The van der Waals surface area contributed by atoms with Crippen LogP contribution in [0.3, 0.4) is 0 Å². The molecule has 6 heteroatoms. The van der Waals surface area contributed by atoms with E-state index in [9.17, 15) is 4.79 Å². The number of ether oxygens (including phenoxy) is 2.